The highest BCUT2D eigenvalue weighted by molar-refractivity contribution is 6.18. The minimum atomic E-state index is 0.770. The van der Waals surface area contributed by atoms with Crippen molar-refractivity contribution in [2.75, 3.05) is 25.1 Å². The fraction of sp³-hybridized carbons (Fsp3) is 0.152. The summed E-state index contributed by atoms with van der Waals surface area (Å²) in [4.78, 5) is 2.34. The molecule has 0 radical (unpaired) electrons. The number of benzene rings is 4. The number of furan rings is 2. The van der Waals surface area contributed by atoms with E-state index in [-0.39, 0.29) is 0 Å². The summed E-state index contributed by atoms with van der Waals surface area (Å²) >= 11 is 0. The van der Waals surface area contributed by atoms with Gasteiger partial charge in [-0.05, 0) is 73.5 Å². The lowest BCUT2D eigenvalue weighted by molar-refractivity contribution is 0.415. The Morgan fingerprint density at radius 1 is 0.703 bits per heavy atom. The maximum Gasteiger partial charge on any atom is 0.139 e. The summed E-state index contributed by atoms with van der Waals surface area (Å²) in [7, 11) is 1.70. The van der Waals surface area contributed by atoms with Gasteiger partial charge in [-0.1, -0.05) is 48.6 Å². The van der Waals surface area contributed by atoms with E-state index in [9.17, 15) is 0 Å². The summed E-state index contributed by atoms with van der Waals surface area (Å²) in [6.45, 7) is 6.37. The predicted molar refractivity (Wildman–Crippen MR) is 154 cm³/mol. The summed E-state index contributed by atoms with van der Waals surface area (Å²) in [5.41, 5.74) is 6.96. The van der Waals surface area contributed by atoms with Crippen LogP contribution < -0.4 is 9.64 Å². The van der Waals surface area contributed by atoms with Crippen LogP contribution in [0.25, 0.3) is 56.4 Å². The number of rotatable bonds is 7. The van der Waals surface area contributed by atoms with E-state index in [0.717, 1.165) is 74.2 Å². The average molecular weight is 488 g/mol. The van der Waals surface area contributed by atoms with Crippen LogP contribution in [0.15, 0.2) is 93.8 Å². The van der Waals surface area contributed by atoms with Gasteiger partial charge < -0.3 is 18.5 Å². The summed E-state index contributed by atoms with van der Waals surface area (Å²) in [6, 6.07) is 29.0. The number of hydrogen-bond donors (Lipinski definition) is 0. The number of fused-ring (bicyclic) bond motifs is 5. The van der Waals surface area contributed by atoms with Crippen molar-refractivity contribution in [1.82, 2.24) is 0 Å². The highest BCUT2D eigenvalue weighted by atomic mass is 16.5. The standard InChI is InChI=1S/C33H29NO3/c1-4-34(5-2)24-15-12-22(13-16-24)10-11-23-14-17-25(31(20-23)35-3)32-21-27-29(37-32)18-19-30-33(27)26-8-6-7-9-28(26)36-30/h6-21H,4-5H2,1-3H3. The smallest absolute Gasteiger partial charge is 0.139 e. The van der Waals surface area contributed by atoms with Crippen LogP contribution in [0.5, 0.6) is 5.75 Å². The summed E-state index contributed by atoms with van der Waals surface area (Å²) in [6.07, 6.45) is 4.24. The van der Waals surface area contributed by atoms with Crippen molar-refractivity contribution in [3.63, 3.8) is 0 Å². The normalized spacial score (nSPS) is 11.8. The monoisotopic (exact) mass is 487 g/mol. The van der Waals surface area contributed by atoms with Gasteiger partial charge in [0.2, 0.25) is 0 Å². The molecule has 0 saturated carbocycles. The van der Waals surface area contributed by atoms with Crippen LogP contribution in [-0.4, -0.2) is 20.2 Å². The molecule has 0 fully saturated rings. The maximum absolute atomic E-state index is 6.30. The Balaban J connectivity index is 1.33. The van der Waals surface area contributed by atoms with Crippen molar-refractivity contribution >= 4 is 50.7 Å². The van der Waals surface area contributed by atoms with Crippen LogP contribution in [-0.2, 0) is 0 Å². The predicted octanol–water partition coefficient (Wildman–Crippen LogP) is 9.02. The molecule has 2 heterocycles. The number of nitrogens with zero attached hydrogens (tertiary/aromatic N) is 1. The van der Waals surface area contributed by atoms with Crippen LogP contribution in [0.3, 0.4) is 0 Å². The van der Waals surface area contributed by atoms with E-state index in [1.807, 2.05) is 36.4 Å². The van der Waals surface area contributed by atoms with E-state index in [4.69, 9.17) is 13.6 Å². The largest absolute Gasteiger partial charge is 0.496 e. The molecule has 184 valence electrons. The lowest BCUT2D eigenvalue weighted by atomic mass is 10.0. The van der Waals surface area contributed by atoms with Crippen molar-refractivity contribution in [1.29, 1.82) is 0 Å². The first-order valence-corrected chi connectivity index (χ1v) is 12.7. The van der Waals surface area contributed by atoms with Crippen LogP contribution in [0, 0.1) is 0 Å². The number of methoxy groups -OCH3 is 1. The quantitative estimate of drug-likeness (QED) is 0.211. The molecule has 37 heavy (non-hydrogen) atoms. The first-order chi connectivity index (χ1) is 18.2. The fourth-order valence-corrected chi connectivity index (χ4v) is 5.06. The van der Waals surface area contributed by atoms with Crippen LogP contribution in [0.1, 0.15) is 25.0 Å². The second kappa shape index (κ2) is 9.55. The van der Waals surface area contributed by atoms with E-state index in [0.29, 0.717) is 0 Å². The molecule has 0 unspecified atom stereocenters. The molecule has 0 aliphatic rings. The molecule has 0 aliphatic carbocycles. The maximum atomic E-state index is 6.30. The van der Waals surface area contributed by atoms with E-state index >= 15 is 0 Å². The molecule has 0 bridgehead atoms. The van der Waals surface area contributed by atoms with Crippen LogP contribution >= 0.6 is 0 Å². The molecule has 4 heteroatoms. The second-order valence-electron chi connectivity index (χ2n) is 9.12. The second-order valence-corrected chi connectivity index (χ2v) is 9.12. The number of para-hydroxylation sites is 1. The summed E-state index contributed by atoms with van der Waals surface area (Å²) in [5.74, 6) is 1.54. The zero-order chi connectivity index (χ0) is 25.4. The molecule has 2 aromatic heterocycles. The Kier molecular flexibility index (Phi) is 5.93. The Hall–Kier alpha value is -4.44. The van der Waals surface area contributed by atoms with Gasteiger partial charge in [-0.15, -0.1) is 0 Å². The lowest BCUT2D eigenvalue weighted by Crippen LogP contribution is -2.21. The van der Waals surface area contributed by atoms with Gasteiger partial charge in [0.15, 0.2) is 0 Å². The third-order valence-electron chi connectivity index (χ3n) is 7.02. The molecule has 0 atom stereocenters. The number of anilines is 1. The number of ether oxygens (including phenoxy) is 1. The minimum Gasteiger partial charge on any atom is -0.496 e. The zero-order valence-corrected chi connectivity index (χ0v) is 21.3. The van der Waals surface area contributed by atoms with Crippen molar-refractivity contribution in [2.24, 2.45) is 0 Å². The third-order valence-corrected chi connectivity index (χ3v) is 7.02. The molecule has 6 aromatic rings. The topological polar surface area (TPSA) is 38.8 Å². The molecule has 0 spiro atoms. The Morgan fingerprint density at radius 2 is 1.41 bits per heavy atom. The Labute approximate surface area is 216 Å². The van der Waals surface area contributed by atoms with Gasteiger partial charge >= 0.3 is 0 Å². The van der Waals surface area contributed by atoms with Gasteiger partial charge in [0.1, 0.15) is 28.3 Å². The third kappa shape index (κ3) is 4.15. The highest BCUT2D eigenvalue weighted by Gasteiger charge is 2.16. The molecular formula is C33H29NO3. The minimum absolute atomic E-state index is 0.770. The average Bonchev–Trinajstić information content (AvgIpc) is 3.54. The summed E-state index contributed by atoms with van der Waals surface area (Å²) < 4.78 is 18.1. The van der Waals surface area contributed by atoms with E-state index in [2.05, 4.69) is 79.4 Å². The summed E-state index contributed by atoms with van der Waals surface area (Å²) in [5, 5.41) is 3.21. The van der Waals surface area contributed by atoms with Crippen molar-refractivity contribution < 1.29 is 13.6 Å². The molecule has 0 aliphatic heterocycles. The van der Waals surface area contributed by atoms with Gasteiger partial charge in [-0.25, -0.2) is 0 Å². The molecule has 4 aromatic carbocycles. The van der Waals surface area contributed by atoms with Crippen molar-refractivity contribution in [3.05, 3.63) is 96.1 Å². The molecule has 0 N–H and O–H groups in total. The van der Waals surface area contributed by atoms with E-state index in [1.54, 1.807) is 7.11 Å². The molecule has 0 amide bonds. The van der Waals surface area contributed by atoms with Gasteiger partial charge in [-0.3, -0.25) is 0 Å². The van der Waals surface area contributed by atoms with E-state index in [1.165, 1.54) is 5.69 Å². The molecule has 4 nitrogen and oxygen atoms in total. The fourth-order valence-electron chi connectivity index (χ4n) is 5.06. The van der Waals surface area contributed by atoms with Crippen molar-refractivity contribution in [2.45, 2.75) is 13.8 Å². The van der Waals surface area contributed by atoms with Gasteiger partial charge in [0.05, 0.1) is 12.7 Å². The van der Waals surface area contributed by atoms with E-state index < -0.39 is 0 Å². The van der Waals surface area contributed by atoms with Crippen LogP contribution in [0.4, 0.5) is 5.69 Å². The lowest BCUT2D eigenvalue weighted by Gasteiger charge is -2.20. The first-order valence-electron chi connectivity index (χ1n) is 12.7. The van der Waals surface area contributed by atoms with Crippen molar-refractivity contribution in [3.8, 4) is 17.1 Å². The molecule has 0 saturated heterocycles. The van der Waals surface area contributed by atoms with Gasteiger partial charge in [0.25, 0.3) is 0 Å². The zero-order valence-electron chi connectivity index (χ0n) is 21.3. The van der Waals surface area contributed by atoms with Gasteiger partial charge in [0, 0.05) is 34.9 Å². The Morgan fingerprint density at radius 3 is 2.19 bits per heavy atom. The SMILES string of the molecule is CCN(CC)c1ccc(C=Cc2ccc(-c3cc4c(ccc5oc6ccccc6c54)o3)c(OC)c2)cc1. The molecular weight excluding hydrogens is 458 g/mol. The van der Waals surface area contributed by atoms with Gasteiger partial charge in [-0.2, -0.15) is 0 Å². The Bertz CT molecular complexity index is 1730. The van der Waals surface area contributed by atoms with Crippen LogP contribution in [0.2, 0.25) is 0 Å². The molecule has 6 rings (SSSR count). The first kappa shape index (κ1) is 23.0. The highest BCUT2D eigenvalue weighted by Crippen LogP contribution is 2.40. The number of hydrogen-bond acceptors (Lipinski definition) is 4.